The first-order valence-corrected chi connectivity index (χ1v) is 10.4. The van der Waals surface area contributed by atoms with E-state index < -0.39 is 0 Å². The van der Waals surface area contributed by atoms with Gasteiger partial charge in [0.2, 0.25) is 5.88 Å². The highest BCUT2D eigenvalue weighted by atomic mass is 16.5. The summed E-state index contributed by atoms with van der Waals surface area (Å²) in [4.78, 5) is 30.1. The maximum atomic E-state index is 13.6. The van der Waals surface area contributed by atoms with Crippen molar-refractivity contribution in [1.29, 1.82) is 0 Å². The minimum absolute atomic E-state index is 0.168. The molecule has 2 aliphatic rings. The van der Waals surface area contributed by atoms with Gasteiger partial charge in [0.15, 0.2) is 11.3 Å². The summed E-state index contributed by atoms with van der Waals surface area (Å²) in [7, 11) is 0. The molecule has 2 unspecified atom stereocenters. The number of rotatable bonds is 4. The molecule has 0 radical (unpaired) electrons. The van der Waals surface area contributed by atoms with E-state index in [0.717, 1.165) is 17.5 Å². The van der Waals surface area contributed by atoms with Crippen LogP contribution in [0.15, 0.2) is 66.6 Å². The Balaban J connectivity index is 1.27. The van der Waals surface area contributed by atoms with Gasteiger partial charge in [-0.1, -0.05) is 6.08 Å². The third-order valence-corrected chi connectivity index (χ3v) is 5.81. The lowest BCUT2D eigenvalue weighted by molar-refractivity contribution is 0.0538. The van der Waals surface area contributed by atoms with Crippen LogP contribution in [0.4, 0.5) is 0 Å². The standard InChI is InChI=1S/C23H19N7O2/c1-14-4-6-17(30-25-9-10-26-30)21(27-14)23(31)29-13-15-11-18(29)19(12-15)32-20-7-5-16-3-2-8-24-22(16)28-20/h2-11,18-19H,12-13H2,1H3. The van der Waals surface area contributed by atoms with E-state index in [1.165, 1.54) is 10.4 Å². The van der Waals surface area contributed by atoms with Crippen LogP contribution in [0.25, 0.3) is 16.7 Å². The summed E-state index contributed by atoms with van der Waals surface area (Å²) in [6, 6.07) is 11.1. The molecule has 0 spiro atoms. The van der Waals surface area contributed by atoms with E-state index in [9.17, 15) is 4.79 Å². The number of carbonyl (C=O) groups is 1. The Morgan fingerprint density at radius 2 is 1.94 bits per heavy atom. The first kappa shape index (κ1) is 18.6. The number of nitrogens with zero attached hydrogens (tertiary/aromatic N) is 7. The molecule has 0 fully saturated rings. The minimum Gasteiger partial charge on any atom is -0.471 e. The molecule has 1 aliphatic heterocycles. The Kier molecular flexibility index (Phi) is 4.20. The van der Waals surface area contributed by atoms with Crippen molar-refractivity contribution in [2.24, 2.45) is 0 Å². The Bertz CT molecular complexity index is 1370. The van der Waals surface area contributed by atoms with E-state index in [1.54, 1.807) is 23.5 Å². The first-order valence-electron chi connectivity index (χ1n) is 10.4. The van der Waals surface area contributed by atoms with Gasteiger partial charge in [-0.15, -0.1) is 4.80 Å². The number of ether oxygens (including phenoxy) is 1. The van der Waals surface area contributed by atoms with Gasteiger partial charge in [0.25, 0.3) is 5.91 Å². The zero-order chi connectivity index (χ0) is 21.7. The van der Waals surface area contributed by atoms with Gasteiger partial charge in [0.05, 0.1) is 18.4 Å². The van der Waals surface area contributed by atoms with Gasteiger partial charge in [0.1, 0.15) is 11.8 Å². The number of likely N-dealkylation sites (tertiary alicyclic amines) is 1. The second-order valence-corrected chi connectivity index (χ2v) is 7.95. The molecule has 4 aromatic heterocycles. The number of carbonyl (C=O) groups excluding carboxylic acids is 1. The molecule has 0 saturated carbocycles. The van der Waals surface area contributed by atoms with Crippen LogP contribution in [-0.4, -0.2) is 59.4 Å². The van der Waals surface area contributed by atoms with Gasteiger partial charge in [-0.05, 0) is 42.8 Å². The average Bonchev–Trinajstić information content (AvgIpc) is 3.56. The lowest BCUT2D eigenvalue weighted by atomic mass is 10.1. The van der Waals surface area contributed by atoms with Crippen LogP contribution in [0.1, 0.15) is 22.6 Å². The highest BCUT2D eigenvalue weighted by Crippen LogP contribution is 2.35. The molecule has 2 bridgehead atoms. The molecule has 6 rings (SSSR count). The zero-order valence-corrected chi connectivity index (χ0v) is 17.3. The zero-order valence-electron chi connectivity index (χ0n) is 17.3. The van der Waals surface area contributed by atoms with Crippen molar-refractivity contribution >= 4 is 16.9 Å². The number of hydrogen-bond donors (Lipinski definition) is 0. The van der Waals surface area contributed by atoms with Crippen molar-refractivity contribution in [3.8, 4) is 11.6 Å². The highest BCUT2D eigenvalue weighted by molar-refractivity contribution is 5.96. The SMILES string of the molecule is Cc1ccc(-n2nccn2)c(C(=O)N2CC3=CC2C(Oc2ccc4cccnc4n2)C3)n1. The summed E-state index contributed by atoms with van der Waals surface area (Å²) in [5.41, 5.74) is 3.45. The summed E-state index contributed by atoms with van der Waals surface area (Å²) in [5.74, 6) is 0.337. The first-order chi connectivity index (χ1) is 15.7. The van der Waals surface area contributed by atoms with Gasteiger partial charge in [-0.3, -0.25) is 4.79 Å². The average molecular weight is 425 g/mol. The molecule has 0 saturated heterocycles. The predicted molar refractivity (Wildman–Crippen MR) is 115 cm³/mol. The van der Waals surface area contributed by atoms with Crippen molar-refractivity contribution in [2.75, 3.05) is 6.54 Å². The number of hydrogen-bond acceptors (Lipinski definition) is 7. The van der Waals surface area contributed by atoms with E-state index in [4.69, 9.17) is 4.74 Å². The Hall–Kier alpha value is -4.14. The quantitative estimate of drug-likeness (QED) is 0.463. The van der Waals surface area contributed by atoms with Crippen molar-refractivity contribution in [2.45, 2.75) is 25.5 Å². The predicted octanol–water partition coefficient (Wildman–Crippen LogP) is 2.52. The topological polar surface area (TPSA) is 98.9 Å². The van der Waals surface area contributed by atoms with Crippen LogP contribution >= 0.6 is 0 Å². The third-order valence-electron chi connectivity index (χ3n) is 5.81. The fourth-order valence-corrected chi connectivity index (χ4v) is 4.35. The summed E-state index contributed by atoms with van der Waals surface area (Å²) in [6.45, 7) is 2.43. The number of aromatic nitrogens is 6. The highest BCUT2D eigenvalue weighted by Gasteiger charge is 2.43. The fourth-order valence-electron chi connectivity index (χ4n) is 4.35. The van der Waals surface area contributed by atoms with Crippen LogP contribution in [0.3, 0.4) is 0 Å². The van der Waals surface area contributed by atoms with E-state index in [0.29, 0.717) is 29.5 Å². The molecular weight excluding hydrogens is 406 g/mol. The largest absolute Gasteiger partial charge is 0.471 e. The summed E-state index contributed by atoms with van der Waals surface area (Å²) < 4.78 is 6.21. The molecule has 9 heteroatoms. The maximum absolute atomic E-state index is 13.6. The number of aryl methyl sites for hydroxylation is 1. The summed E-state index contributed by atoms with van der Waals surface area (Å²) in [5, 5.41) is 9.30. The Labute approximate surface area is 183 Å². The summed E-state index contributed by atoms with van der Waals surface area (Å²) >= 11 is 0. The molecule has 4 aromatic rings. The molecule has 2 atom stereocenters. The molecule has 9 nitrogen and oxygen atoms in total. The van der Waals surface area contributed by atoms with Crippen molar-refractivity contribution in [3.63, 3.8) is 0 Å². The molecule has 32 heavy (non-hydrogen) atoms. The van der Waals surface area contributed by atoms with E-state index in [-0.39, 0.29) is 18.1 Å². The molecular formula is C23H19N7O2. The van der Waals surface area contributed by atoms with Gasteiger partial charge in [-0.2, -0.15) is 15.2 Å². The van der Waals surface area contributed by atoms with Crippen molar-refractivity contribution in [3.05, 3.63) is 78.0 Å². The Morgan fingerprint density at radius 3 is 2.78 bits per heavy atom. The second kappa shape index (κ2) is 7.23. The molecule has 0 N–H and O–H groups in total. The lowest BCUT2D eigenvalue weighted by Gasteiger charge is -2.33. The molecule has 0 aromatic carbocycles. The molecule has 1 amide bonds. The lowest BCUT2D eigenvalue weighted by Crippen LogP contribution is -2.48. The van der Waals surface area contributed by atoms with Gasteiger partial charge in [0, 0.05) is 36.3 Å². The van der Waals surface area contributed by atoms with Crippen molar-refractivity contribution in [1.82, 2.24) is 34.8 Å². The van der Waals surface area contributed by atoms with Gasteiger partial charge in [-0.25, -0.2) is 9.97 Å². The van der Waals surface area contributed by atoms with Crippen LogP contribution < -0.4 is 4.74 Å². The smallest absolute Gasteiger partial charge is 0.275 e. The molecule has 5 heterocycles. The van der Waals surface area contributed by atoms with E-state index in [1.807, 2.05) is 43.3 Å². The summed E-state index contributed by atoms with van der Waals surface area (Å²) in [6.07, 6.45) is 7.54. The van der Waals surface area contributed by atoms with E-state index >= 15 is 0 Å². The number of fused-ring (bicyclic) bond motifs is 2. The second-order valence-electron chi connectivity index (χ2n) is 7.95. The van der Waals surface area contributed by atoms with Gasteiger partial charge < -0.3 is 9.64 Å². The normalized spacial score (nSPS) is 19.4. The van der Waals surface area contributed by atoms with E-state index in [2.05, 4.69) is 31.2 Å². The third kappa shape index (κ3) is 3.09. The van der Waals surface area contributed by atoms with Crippen LogP contribution in [-0.2, 0) is 0 Å². The Morgan fingerprint density at radius 1 is 1.06 bits per heavy atom. The monoisotopic (exact) mass is 425 g/mol. The van der Waals surface area contributed by atoms with Crippen LogP contribution in [0, 0.1) is 6.92 Å². The van der Waals surface area contributed by atoms with Gasteiger partial charge >= 0.3 is 0 Å². The number of piperidine rings is 1. The van der Waals surface area contributed by atoms with Crippen LogP contribution in [0.2, 0.25) is 0 Å². The molecule has 158 valence electrons. The minimum atomic E-state index is -0.201. The number of pyridine rings is 3. The van der Waals surface area contributed by atoms with Crippen molar-refractivity contribution < 1.29 is 9.53 Å². The fraction of sp³-hybridized carbons (Fsp3) is 0.217. The maximum Gasteiger partial charge on any atom is 0.275 e. The molecule has 1 aliphatic carbocycles. The number of amides is 1. The van der Waals surface area contributed by atoms with Crippen LogP contribution in [0.5, 0.6) is 5.88 Å².